The number of hydrogen-bond donors (Lipinski definition) is 3. The quantitative estimate of drug-likeness (QED) is 0.242. The van der Waals surface area contributed by atoms with Crippen LogP contribution in [-0.4, -0.2) is 78.5 Å². The number of aliphatic carboxylic acids is 1. The van der Waals surface area contributed by atoms with E-state index in [0.717, 1.165) is 29.5 Å². The average molecular weight is 515 g/mol. The van der Waals surface area contributed by atoms with E-state index in [1.807, 2.05) is 48.2 Å². The zero-order chi connectivity index (χ0) is 27.6. The average Bonchev–Trinajstić information content (AvgIpc) is 2.86. The Kier molecular flexibility index (Phi) is 15.9. The minimum absolute atomic E-state index is 0.0942. The van der Waals surface area contributed by atoms with Crippen LogP contribution in [0.2, 0.25) is 0 Å². The molecule has 0 bridgehead atoms. The predicted molar refractivity (Wildman–Crippen MR) is 151 cm³/mol. The second-order valence-corrected chi connectivity index (χ2v) is 9.33. The van der Waals surface area contributed by atoms with Crippen LogP contribution in [0.15, 0.2) is 36.9 Å². The van der Waals surface area contributed by atoms with Crippen molar-refractivity contribution in [2.24, 2.45) is 5.73 Å². The van der Waals surface area contributed by atoms with Gasteiger partial charge in [-0.15, -0.1) is 0 Å². The summed E-state index contributed by atoms with van der Waals surface area (Å²) < 4.78 is 0. The molecule has 0 saturated heterocycles. The Hall–Kier alpha value is -2.97. The highest BCUT2D eigenvalue weighted by molar-refractivity contribution is 5.81. The molecular weight excluding hydrogens is 468 g/mol. The molecule has 0 fully saturated rings. The van der Waals surface area contributed by atoms with Gasteiger partial charge in [0, 0.05) is 45.6 Å². The highest BCUT2D eigenvalue weighted by Gasteiger charge is 2.23. The van der Waals surface area contributed by atoms with Crippen molar-refractivity contribution in [1.82, 2.24) is 15.1 Å². The fourth-order valence-corrected chi connectivity index (χ4v) is 4.14. The normalized spacial score (nSPS) is 12.0. The summed E-state index contributed by atoms with van der Waals surface area (Å²) in [4.78, 5) is 40.2. The van der Waals surface area contributed by atoms with Crippen LogP contribution in [-0.2, 0) is 14.4 Å². The number of hydrogen-bond acceptors (Lipinski definition) is 5. The summed E-state index contributed by atoms with van der Waals surface area (Å²) in [6.07, 6.45) is 8.10. The van der Waals surface area contributed by atoms with E-state index in [2.05, 4.69) is 18.8 Å². The molecule has 0 radical (unpaired) electrons. The maximum absolute atomic E-state index is 13.0. The molecule has 37 heavy (non-hydrogen) atoms. The van der Waals surface area contributed by atoms with E-state index in [4.69, 9.17) is 5.73 Å². The number of benzene rings is 1. The van der Waals surface area contributed by atoms with Crippen molar-refractivity contribution in [3.05, 3.63) is 48.0 Å². The lowest BCUT2D eigenvalue weighted by Gasteiger charge is -2.24. The standard InChI is InChI=1S/C29H46N4O4/c1-5-7-20-33(22-23(3)25-14-9-8-13-24(25)12-6-2)28(35)15-10-11-19-31-27(34)17-16-26(29(36)37)32(4)21-18-30/h6,8-9,12-14,26H,3,5,7,10-11,15-22,30H2,1-2,4H3,(H,31,34)(H,36,37)/b12-6-. The number of rotatable bonds is 19. The van der Waals surface area contributed by atoms with Gasteiger partial charge in [0.1, 0.15) is 6.04 Å². The molecule has 0 saturated carbocycles. The Bertz CT molecular complexity index is 900. The summed E-state index contributed by atoms with van der Waals surface area (Å²) in [5.74, 6) is -1.04. The first-order valence-corrected chi connectivity index (χ1v) is 13.3. The molecule has 8 nitrogen and oxygen atoms in total. The van der Waals surface area contributed by atoms with E-state index in [1.54, 1.807) is 11.9 Å². The highest BCUT2D eigenvalue weighted by atomic mass is 16.4. The van der Waals surface area contributed by atoms with Crippen LogP contribution in [0.5, 0.6) is 0 Å². The molecule has 8 heteroatoms. The van der Waals surface area contributed by atoms with Gasteiger partial charge in [-0.3, -0.25) is 19.3 Å². The highest BCUT2D eigenvalue weighted by Crippen LogP contribution is 2.21. The molecule has 1 rings (SSSR count). The molecule has 0 aliphatic carbocycles. The van der Waals surface area contributed by atoms with Gasteiger partial charge in [0.05, 0.1) is 0 Å². The molecule has 1 atom stereocenters. The number of amides is 2. The predicted octanol–water partition coefficient (Wildman–Crippen LogP) is 3.77. The summed E-state index contributed by atoms with van der Waals surface area (Å²) >= 11 is 0. The SMILES string of the molecule is C=C(CN(CCCC)C(=O)CCCCNC(=O)CCC(C(=O)O)N(C)CCN)c1ccccc1/C=C\C. The van der Waals surface area contributed by atoms with Gasteiger partial charge >= 0.3 is 5.97 Å². The third-order valence-electron chi connectivity index (χ3n) is 6.29. The Morgan fingerprint density at radius 1 is 1.14 bits per heavy atom. The van der Waals surface area contributed by atoms with Crippen LogP contribution >= 0.6 is 0 Å². The first-order chi connectivity index (χ1) is 17.7. The number of carboxylic acid groups (broad SMARTS) is 1. The Morgan fingerprint density at radius 2 is 1.86 bits per heavy atom. The molecule has 0 aliphatic heterocycles. The second kappa shape index (κ2) is 18.3. The zero-order valence-electron chi connectivity index (χ0n) is 22.9. The van der Waals surface area contributed by atoms with Crippen LogP contribution in [0.4, 0.5) is 0 Å². The van der Waals surface area contributed by atoms with Gasteiger partial charge in [0.15, 0.2) is 0 Å². The maximum Gasteiger partial charge on any atom is 0.320 e. The summed E-state index contributed by atoms with van der Waals surface area (Å²) in [6.45, 7) is 10.8. The molecule has 4 N–H and O–H groups in total. The molecule has 1 unspecified atom stereocenters. The fourth-order valence-electron chi connectivity index (χ4n) is 4.14. The van der Waals surface area contributed by atoms with E-state index in [-0.39, 0.29) is 24.7 Å². The van der Waals surface area contributed by atoms with Crippen molar-refractivity contribution >= 4 is 29.4 Å². The number of nitrogens with zero attached hydrogens (tertiary/aromatic N) is 2. The zero-order valence-corrected chi connectivity index (χ0v) is 22.9. The van der Waals surface area contributed by atoms with E-state index < -0.39 is 12.0 Å². The lowest BCUT2D eigenvalue weighted by atomic mass is 9.99. The topological polar surface area (TPSA) is 116 Å². The minimum atomic E-state index is -0.956. The number of carboxylic acids is 1. The monoisotopic (exact) mass is 514 g/mol. The van der Waals surface area contributed by atoms with Crippen LogP contribution in [0.3, 0.4) is 0 Å². The first kappa shape index (κ1) is 32.1. The van der Waals surface area contributed by atoms with Crippen molar-refractivity contribution in [3.63, 3.8) is 0 Å². The van der Waals surface area contributed by atoms with Crippen LogP contribution in [0.1, 0.15) is 69.9 Å². The lowest BCUT2D eigenvalue weighted by Crippen LogP contribution is -2.41. The van der Waals surface area contributed by atoms with Crippen LogP contribution in [0.25, 0.3) is 11.6 Å². The lowest BCUT2D eigenvalue weighted by molar-refractivity contribution is -0.143. The number of carbonyl (C=O) groups is 3. The van der Waals surface area contributed by atoms with Crippen molar-refractivity contribution in [2.45, 2.75) is 64.8 Å². The Balaban J connectivity index is 2.50. The first-order valence-electron chi connectivity index (χ1n) is 13.3. The molecule has 1 aromatic rings. The Morgan fingerprint density at radius 3 is 2.51 bits per heavy atom. The number of nitrogens with one attached hydrogen (secondary N) is 1. The van der Waals surface area contributed by atoms with Gasteiger partial charge in [-0.25, -0.2) is 0 Å². The number of allylic oxidation sites excluding steroid dienone is 1. The second-order valence-electron chi connectivity index (χ2n) is 9.33. The van der Waals surface area contributed by atoms with Crippen LogP contribution < -0.4 is 11.1 Å². The maximum atomic E-state index is 13.0. The van der Waals surface area contributed by atoms with Gasteiger partial charge in [-0.1, -0.05) is 56.3 Å². The summed E-state index contributed by atoms with van der Waals surface area (Å²) in [5.41, 5.74) is 8.56. The van der Waals surface area contributed by atoms with E-state index >= 15 is 0 Å². The number of unbranched alkanes of at least 4 members (excludes halogenated alkanes) is 2. The van der Waals surface area contributed by atoms with Gasteiger partial charge in [-0.2, -0.15) is 0 Å². The summed E-state index contributed by atoms with van der Waals surface area (Å²) in [6, 6.07) is 7.33. The molecule has 0 heterocycles. The molecule has 0 spiro atoms. The van der Waals surface area contributed by atoms with Gasteiger partial charge in [-0.05, 0) is 56.4 Å². The molecular formula is C29H46N4O4. The third-order valence-corrected chi connectivity index (χ3v) is 6.29. The number of nitrogens with two attached hydrogens (primary N) is 1. The van der Waals surface area contributed by atoms with Crippen LogP contribution in [0, 0.1) is 0 Å². The molecule has 1 aromatic carbocycles. The molecule has 2 amide bonds. The van der Waals surface area contributed by atoms with Crippen molar-refractivity contribution in [2.75, 3.05) is 39.8 Å². The fraction of sp³-hybridized carbons (Fsp3) is 0.552. The van der Waals surface area contributed by atoms with Gasteiger partial charge in [0.2, 0.25) is 11.8 Å². The van der Waals surface area contributed by atoms with E-state index in [9.17, 15) is 19.5 Å². The van der Waals surface area contributed by atoms with E-state index in [1.165, 1.54) is 0 Å². The molecule has 0 aromatic heterocycles. The van der Waals surface area contributed by atoms with Gasteiger partial charge < -0.3 is 21.1 Å². The largest absolute Gasteiger partial charge is 0.480 e. The smallest absolute Gasteiger partial charge is 0.320 e. The summed E-state index contributed by atoms with van der Waals surface area (Å²) in [7, 11) is 1.70. The third kappa shape index (κ3) is 12.2. The molecule has 0 aliphatic rings. The van der Waals surface area contributed by atoms with Crippen molar-refractivity contribution in [1.29, 1.82) is 0 Å². The van der Waals surface area contributed by atoms with Gasteiger partial charge in [0.25, 0.3) is 0 Å². The van der Waals surface area contributed by atoms with Crippen molar-refractivity contribution < 1.29 is 19.5 Å². The Labute approximate surface area is 222 Å². The number of carbonyl (C=O) groups excluding carboxylic acids is 2. The number of likely N-dealkylation sites (N-methyl/N-ethyl adjacent to an activating group) is 1. The van der Waals surface area contributed by atoms with E-state index in [0.29, 0.717) is 52.0 Å². The molecule has 206 valence electrons. The van der Waals surface area contributed by atoms with Crippen molar-refractivity contribution in [3.8, 4) is 0 Å². The summed E-state index contributed by atoms with van der Waals surface area (Å²) in [5, 5.41) is 12.2. The minimum Gasteiger partial charge on any atom is -0.480 e.